The van der Waals surface area contributed by atoms with Crippen LogP contribution in [-0.4, -0.2) is 25.2 Å². The first-order valence-corrected chi connectivity index (χ1v) is 9.60. The molecule has 0 amide bonds. The predicted octanol–water partition coefficient (Wildman–Crippen LogP) is 5.39. The number of carbonyl (C=O) groups is 2. The maximum Gasteiger partial charge on any atom is 0.305 e. The molecule has 2 atom stereocenters. The van der Waals surface area contributed by atoms with Gasteiger partial charge in [0.2, 0.25) is 0 Å². The van der Waals surface area contributed by atoms with Gasteiger partial charge in [-0.3, -0.25) is 9.59 Å². The van der Waals surface area contributed by atoms with Crippen LogP contribution in [0.1, 0.15) is 87.5 Å². The van der Waals surface area contributed by atoms with Gasteiger partial charge in [0, 0.05) is 12.8 Å². The largest absolute Gasteiger partial charge is 0.465 e. The summed E-state index contributed by atoms with van der Waals surface area (Å²) in [6, 6.07) is 0. The topological polar surface area (TPSA) is 52.6 Å². The molecule has 25 heavy (non-hydrogen) atoms. The number of carbonyl (C=O) groups excluding carboxylic acids is 2. The number of esters is 2. The summed E-state index contributed by atoms with van der Waals surface area (Å²) in [6.45, 7) is 18.2. The Hall–Kier alpha value is -1.06. The Morgan fingerprint density at radius 3 is 1.32 bits per heavy atom. The van der Waals surface area contributed by atoms with Gasteiger partial charge in [0.25, 0.3) is 0 Å². The summed E-state index contributed by atoms with van der Waals surface area (Å²) in [5.74, 6) is 0.237. The quantitative estimate of drug-likeness (QED) is 0.493. The minimum atomic E-state index is -0.227. The third-order valence-electron chi connectivity index (χ3n) is 3.74. The van der Waals surface area contributed by atoms with Crippen LogP contribution in [0.25, 0.3) is 0 Å². The average molecular weight is 357 g/mol. The average Bonchev–Trinajstić information content (AvgIpc) is 2.39. The molecule has 0 saturated carbocycles. The first kappa shape index (κ1) is 23.9. The van der Waals surface area contributed by atoms with E-state index in [9.17, 15) is 9.59 Å². The van der Waals surface area contributed by atoms with Crippen LogP contribution < -0.4 is 0 Å². The highest BCUT2D eigenvalue weighted by Crippen LogP contribution is 2.25. The van der Waals surface area contributed by atoms with E-state index in [2.05, 4.69) is 55.4 Å². The van der Waals surface area contributed by atoms with Gasteiger partial charge in [0.1, 0.15) is 0 Å². The molecular formula is C21H40O4. The van der Waals surface area contributed by atoms with E-state index in [1.54, 1.807) is 0 Å². The fourth-order valence-corrected chi connectivity index (χ4v) is 3.20. The van der Waals surface area contributed by atoms with Gasteiger partial charge in [-0.15, -0.1) is 0 Å². The molecule has 0 N–H and O–H groups in total. The minimum absolute atomic E-state index is 0.227. The van der Waals surface area contributed by atoms with Crippen LogP contribution in [0.15, 0.2) is 0 Å². The smallest absolute Gasteiger partial charge is 0.305 e. The molecule has 0 fully saturated rings. The standard InChI is InChI=1S/C21H40O4/c1-16(12-20(3,4)5)14-24-18(22)10-9-11-19(23)25-15-17(2)13-21(6,7)8/h16-17H,9-15H2,1-8H3. The molecule has 0 aromatic carbocycles. The first-order valence-electron chi connectivity index (χ1n) is 9.60. The van der Waals surface area contributed by atoms with Crippen LogP contribution in [0.4, 0.5) is 0 Å². The maximum absolute atomic E-state index is 11.7. The van der Waals surface area contributed by atoms with Crippen LogP contribution in [-0.2, 0) is 19.1 Å². The van der Waals surface area contributed by atoms with Crippen molar-refractivity contribution in [3.8, 4) is 0 Å². The lowest BCUT2D eigenvalue weighted by molar-refractivity contribution is -0.147. The van der Waals surface area contributed by atoms with Gasteiger partial charge in [-0.25, -0.2) is 0 Å². The Labute approximate surface area is 155 Å². The monoisotopic (exact) mass is 356 g/mol. The maximum atomic E-state index is 11.7. The van der Waals surface area contributed by atoms with Gasteiger partial charge >= 0.3 is 11.9 Å². The van der Waals surface area contributed by atoms with E-state index < -0.39 is 0 Å². The highest BCUT2D eigenvalue weighted by Gasteiger charge is 2.18. The van der Waals surface area contributed by atoms with Crippen LogP contribution >= 0.6 is 0 Å². The van der Waals surface area contributed by atoms with Crippen LogP contribution in [0.3, 0.4) is 0 Å². The number of hydrogen-bond acceptors (Lipinski definition) is 4. The fourth-order valence-electron chi connectivity index (χ4n) is 3.20. The van der Waals surface area contributed by atoms with Crippen LogP contribution in [0.5, 0.6) is 0 Å². The molecule has 0 aliphatic carbocycles. The molecule has 0 aliphatic heterocycles. The van der Waals surface area contributed by atoms with E-state index in [0.29, 0.717) is 31.5 Å². The van der Waals surface area contributed by atoms with E-state index in [4.69, 9.17) is 9.47 Å². The molecule has 0 aromatic rings. The molecule has 4 heteroatoms. The molecule has 0 saturated heterocycles. The third-order valence-corrected chi connectivity index (χ3v) is 3.74. The van der Waals surface area contributed by atoms with Crippen molar-refractivity contribution in [3.05, 3.63) is 0 Å². The molecular weight excluding hydrogens is 316 g/mol. The van der Waals surface area contributed by atoms with E-state index in [-0.39, 0.29) is 35.6 Å². The third kappa shape index (κ3) is 16.2. The second-order valence-corrected chi connectivity index (χ2v) is 9.96. The molecule has 0 radical (unpaired) electrons. The van der Waals surface area contributed by atoms with Gasteiger partial charge < -0.3 is 9.47 Å². The number of rotatable bonds is 10. The predicted molar refractivity (Wildman–Crippen MR) is 102 cm³/mol. The second-order valence-electron chi connectivity index (χ2n) is 9.96. The van der Waals surface area contributed by atoms with Crippen molar-refractivity contribution in [2.24, 2.45) is 22.7 Å². The van der Waals surface area contributed by atoms with E-state index in [1.807, 2.05) is 0 Å². The Morgan fingerprint density at radius 2 is 1.04 bits per heavy atom. The zero-order valence-corrected chi connectivity index (χ0v) is 17.7. The number of ether oxygens (including phenoxy) is 2. The summed E-state index contributed by atoms with van der Waals surface area (Å²) in [5, 5.41) is 0. The molecule has 0 spiro atoms. The van der Waals surface area contributed by atoms with Gasteiger partial charge in [-0.05, 0) is 41.9 Å². The number of hydrogen-bond donors (Lipinski definition) is 0. The fraction of sp³-hybridized carbons (Fsp3) is 0.905. The summed E-state index contributed by atoms with van der Waals surface area (Å²) < 4.78 is 10.6. The van der Waals surface area contributed by atoms with Crippen molar-refractivity contribution in [2.45, 2.75) is 87.5 Å². The SMILES string of the molecule is CC(COC(=O)CCCC(=O)OCC(C)CC(C)(C)C)CC(C)(C)C. The van der Waals surface area contributed by atoms with Crippen LogP contribution in [0.2, 0.25) is 0 Å². The summed E-state index contributed by atoms with van der Waals surface area (Å²) in [7, 11) is 0. The van der Waals surface area contributed by atoms with Crippen molar-refractivity contribution in [1.29, 1.82) is 0 Å². The minimum Gasteiger partial charge on any atom is -0.465 e. The normalized spacial score (nSPS) is 14.7. The Kier molecular flexibility index (Phi) is 10.4. The molecule has 0 aromatic heterocycles. The molecule has 4 nitrogen and oxygen atoms in total. The molecule has 0 aliphatic rings. The second kappa shape index (κ2) is 10.8. The van der Waals surface area contributed by atoms with E-state index in [0.717, 1.165) is 12.8 Å². The lowest BCUT2D eigenvalue weighted by atomic mass is 9.86. The van der Waals surface area contributed by atoms with E-state index >= 15 is 0 Å². The lowest BCUT2D eigenvalue weighted by Gasteiger charge is -2.23. The zero-order valence-electron chi connectivity index (χ0n) is 17.7. The van der Waals surface area contributed by atoms with Crippen molar-refractivity contribution in [2.75, 3.05) is 13.2 Å². The molecule has 0 rings (SSSR count). The Bertz CT molecular complexity index is 363. The lowest BCUT2D eigenvalue weighted by Crippen LogP contribution is -2.18. The summed E-state index contributed by atoms with van der Waals surface area (Å²) >= 11 is 0. The van der Waals surface area contributed by atoms with Crippen molar-refractivity contribution in [1.82, 2.24) is 0 Å². The molecule has 2 unspecified atom stereocenters. The summed E-state index contributed by atoms with van der Waals surface area (Å²) in [5.41, 5.74) is 0.472. The van der Waals surface area contributed by atoms with Gasteiger partial charge in [0.15, 0.2) is 0 Å². The summed E-state index contributed by atoms with van der Waals surface area (Å²) in [6.07, 6.45) is 3.06. The first-order chi connectivity index (χ1) is 11.3. The van der Waals surface area contributed by atoms with Gasteiger partial charge in [0.05, 0.1) is 13.2 Å². The van der Waals surface area contributed by atoms with E-state index in [1.165, 1.54) is 0 Å². The highest BCUT2D eigenvalue weighted by atomic mass is 16.5. The van der Waals surface area contributed by atoms with Crippen molar-refractivity contribution in [3.63, 3.8) is 0 Å². The van der Waals surface area contributed by atoms with Crippen LogP contribution in [0, 0.1) is 22.7 Å². The molecule has 0 heterocycles. The Balaban J connectivity index is 3.81. The zero-order chi connectivity index (χ0) is 19.7. The summed E-state index contributed by atoms with van der Waals surface area (Å²) in [4.78, 5) is 23.5. The highest BCUT2D eigenvalue weighted by molar-refractivity contribution is 5.72. The van der Waals surface area contributed by atoms with Crippen molar-refractivity contribution >= 4 is 11.9 Å². The molecule has 0 bridgehead atoms. The van der Waals surface area contributed by atoms with Gasteiger partial charge in [-0.1, -0.05) is 55.4 Å². The van der Waals surface area contributed by atoms with Gasteiger partial charge in [-0.2, -0.15) is 0 Å². The molecule has 148 valence electrons. The van der Waals surface area contributed by atoms with Crippen molar-refractivity contribution < 1.29 is 19.1 Å². The Morgan fingerprint density at radius 1 is 0.720 bits per heavy atom.